The molecule has 0 aromatic heterocycles. The monoisotopic (exact) mass is 156 g/mol. The summed E-state index contributed by atoms with van der Waals surface area (Å²) in [5.41, 5.74) is 0. The molecule has 0 bridgehead atoms. The van der Waals surface area contributed by atoms with Crippen molar-refractivity contribution >= 4 is 11.8 Å². The molecule has 1 unspecified atom stereocenters. The van der Waals surface area contributed by atoms with Crippen LogP contribution in [0.1, 0.15) is 32.1 Å². The van der Waals surface area contributed by atoms with Crippen LogP contribution >= 0.6 is 11.8 Å². The number of hydrogen-bond acceptors (Lipinski definition) is 1. The fraction of sp³-hybridized carbons (Fsp3) is 0.778. The second kappa shape index (κ2) is 4.84. The molecule has 0 heterocycles. The predicted molar refractivity (Wildman–Crippen MR) is 49.5 cm³/mol. The molecule has 0 radical (unpaired) electrons. The fourth-order valence-corrected chi connectivity index (χ4v) is 2.14. The van der Waals surface area contributed by atoms with Crippen LogP contribution in [-0.2, 0) is 0 Å². The largest absolute Gasteiger partial charge is 0.162 e. The molecule has 0 spiro atoms. The molecule has 0 aromatic rings. The van der Waals surface area contributed by atoms with Crippen LogP contribution in [0.25, 0.3) is 0 Å². The van der Waals surface area contributed by atoms with Gasteiger partial charge < -0.3 is 0 Å². The first-order valence-corrected chi connectivity index (χ1v) is 5.40. The van der Waals surface area contributed by atoms with Gasteiger partial charge in [-0.2, -0.15) is 11.8 Å². The number of allylic oxidation sites excluding steroid dienone is 2. The minimum atomic E-state index is 0.935. The highest BCUT2D eigenvalue weighted by atomic mass is 32.2. The topological polar surface area (TPSA) is 0 Å². The zero-order valence-electron chi connectivity index (χ0n) is 6.68. The van der Waals surface area contributed by atoms with E-state index in [1.54, 1.807) is 0 Å². The van der Waals surface area contributed by atoms with Crippen LogP contribution in [0.5, 0.6) is 0 Å². The molecule has 0 saturated carbocycles. The number of rotatable bonds is 1. The van der Waals surface area contributed by atoms with Crippen molar-refractivity contribution in [1.82, 2.24) is 0 Å². The summed E-state index contributed by atoms with van der Waals surface area (Å²) in [6.07, 6.45) is 13.7. The van der Waals surface area contributed by atoms with Gasteiger partial charge in [0.05, 0.1) is 0 Å². The molecule has 1 aliphatic rings. The Morgan fingerprint density at radius 3 is 2.80 bits per heavy atom. The summed E-state index contributed by atoms with van der Waals surface area (Å²) in [6.45, 7) is 0. The Morgan fingerprint density at radius 2 is 2.00 bits per heavy atom. The Hall–Kier alpha value is 0.0900. The zero-order chi connectivity index (χ0) is 7.23. The van der Waals surface area contributed by atoms with Crippen LogP contribution in [0, 0.1) is 0 Å². The first kappa shape index (κ1) is 8.19. The summed E-state index contributed by atoms with van der Waals surface area (Å²) in [6, 6.07) is 0. The molecule has 0 amide bonds. The zero-order valence-corrected chi connectivity index (χ0v) is 7.49. The van der Waals surface area contributed by atoms with Gasteiger partial charge in [-0.3, -0.25) is 0 Å². The van der Waals surface area contributed by atoms with E-state index in [1.807, 2.05) is 11.8 Å². The fourth-order valence-electron chi connectivity index (χ4n) is 1.36. The van der Waals surface area contributed by atoms with Crippen molar-refractivity contribution in [2.45, 2.75) is 37.4 Å². The van der Waals surface area contributed by atoms with Gasteiger partial charge in [-0.25, -0.2) is 0 Å². The second-order valence-corrected chi connectivity index (χ2v) is 3.98. The van der Waals surface area contributed by atoms with Gasteiger partial charge in [0, 0.05) is 5.25 Å². The van der Waals surface area contributed by atoms with Gasteiger partial charge in [0.15, 0.2) is 0 Å². The van der Waals surface area contributed by atoms with E-state index in [0.29, 0.717) is 0 Å². The van der Waals surface area contributed by atoms with E-state index in [4.69, 9.17) is 0 Å². The molecule has 1 aliphatic carbocycles. The van der Waals surface area contributed by atoms with Crippen molar-refractivity contribution in [3.05, 3.63) is 12.2 Å². The summed E-state index contributed by atoms with van der Waals surface area (Å²) in [7, 11) is 0. The van der Waals surface area contributed by atoms with Gasteiger partial charge in [-0.15, -0.1) is 0 Å². The molecule has 0 nitrogen and oxygen atoms in total. The quantitative estimate of drug-likeness (QED) is 0.525. The first-order chi connectivity index (χ1) is 4.93. The molecule has 0 N–H and O–H groups in total. The molecule has 58 valence electrons. The molecule has 1 atom stereocenters. The van der Waals surface area contributed by atoms with Gasteiger partial charge in [0.2, 0.25) is 0 Å². The maximum atomic E-state index is 2.34. The average Bonchev–Trinajstić information content (AvgIpc) is 1.87. The molecule has 10 heavy (non-hydrogen) atoms. The van der Waals surface area contributed by atoms with E-state index < -0.39 is 0 Å². The molecular weight excluding hydrogens is 140 g/mol. The minimum Gasteiger partial charge on any atom is -0.162 e. The third-order valence-electron chi connectivity index (χ3n) is 2.05. The highest BCUT2D eigenvalue weighted by Crippen LogP contribution is 2.21. The van der Waals surface area contributed by atoms with Gasteiger partial charge in [0.1, 0.15) is 0 Å². The van der Waals surface area contributed by atoms with E-state index in [0.717, 1.165) is 5.25 Å². The lowest BCUT2D eigenvalue weighted by Crippen LogP contribution is -2.02. The Balaban J connectivity index is 2.27. The van der Waals surface area contributed by atoms with Crippen LogP contribution < -0.4 is 0 Å². The Kier molecular flexibility index (Phi) is 3.96. The van der Waals surface area contributed by atoms with Crippen molar-refractivity contribution in [1.29, 1.82) is 0 Å². The van der Waals surface area contributed by atoms with Gasteiger partial charge in [-0.1, -0.05) is 12.2 Å². The predicted octanol–water partition coefficient (Wildman–Crippen LogP) is 3.24. The Bertz CT molecular complexity index is 107. The summed E-state index contributed by atoms with van der Waals surface area (Å²) in [4.78, 5) is 0. The first-order valence-electron chi connectivity index (χ1n) is 4.11. The van der Waals surface area contributed by atoms with Crippen molar-refractivity contribution in [2.75, 3.05) is 6.26 Å². The van der Waals surface area contributed by atoms with Gasteiger partial charge in [-0.05, 0) is 38.4 Å². The van der Waals surface area contributed by atoms with E-state index in [1.165, 1.54) is 32.1 Å². The summed E-state index contributed by atoms with van der Waals surface area (Å²) >= 11 is 2.03. The van der Waals surface area contributed by atoms with Crippen molar-refractivity contribution in [2.24, 2.45) is 0 Å². The molecule has 1 heteroatoms. The van der Waals surface area contributed by atoms with E-state index >= 15 is 0 Å². The molecule has 0 saturated heterocycles. The molecular formula is C9H16S. The third-order valence-corrected chi connectivity index (χ3v) is 3.19. The van der Waals surface area contributed by atoms with Crippen LogP contribution in [0.4, 0.5) is 0 Å². The molecule has 0 aromatic carbocycles. The van der Waals surface area contributed by atoms with Crippen LogP contribution in [0.2, 0.25) is 0 Å². The highest BCUT2D eigenvalue weighted by molar-refractivity contribution is 7.99. The Morgan fingerprint density at radius 1 is 1.20 bits per heavy atom. The summed E-state index contributed by atoms with van der Waals surface area (Å²) in [5.74, 6) is 0. The van der Waals surface area contributed by atoms with Gasteiger partial charge >= 0.3 is 0 Å². The lowest BCUT2D eigenvalue weighted by atomic mass is 10.1. The molecule has 1 rings (SSSR count). The van der Waals surface area contributed by atoms with E-state index in [-0.39, 0.29) is 0 Å². The van der Waals surface area contributed by atoms with Crippen LogP contribution in [-0.4, -0.2) is 11.5 Å². The van der Waals surface area contributed by atoms with Crippen molar-refractivity contribution < 1.29 is 0 Å². The SMILES string of the molecule is CSC1CC/C=C\CCC1. The number of thioether (sulfide) groups is 1. The van der Waals surface area contributed by atoms with Gasteiger partial charge in [0.25, 0.3) is 0 Å². The third kappa shape index (κ3) is 2.78. The van der Waals surface area contributed by atoms with E-state index in [9.17, 15) is 0 Å². The summed E-state index contributed by atoms with van der Waals surface area (Å²) in [5, 5.41) is 0.935. The summed E-state index contributed by atoms with van der Waals surface area (Å²) < 4.78 is 0. The lowest BCUT2D eigenvalue weighted by Gasteiger charge is -2.13. The Labute approximate surface area is 68.1 Å². The molecule has 0 aliphatic heterocycles. The average molecular weight is 156 g/mol. The maximum Gasteiger partial charge on any atom is 0.00473 e. The standard InChI is InChI=1S/C9H16S/c1-10-9-7-5-3-2-4-6-8-9/h2-3,9H,4-8H2,1H3/b3-2-. The lowest BCUT2D eigenvalue weighted by molar-refractivity contribution is 0.654. The minimum absolute atomic E-state index is 0.935. The smallest absolute Gasteiger partial charge is 0.00473 e. The highest BCUT2D eigenvalue weighted by Gasteiger charge is 2.05. The van der Waals surface area contributed by atoms with Crippen LogP contribution in [0.3, 0.4) is 0 Å². The van der Waals surface area contributed by atoms with Crippen molar-refractivity contribution in [3.63, 3.8) is 0 Å². The normalized spacial score (nSPS) is 30.7. The van der Waals surface area contributed by atoms with Crippen molar-refractivity contribution in [3.8, 4) is 0 Å². The van der Waals surface area contributed by atoms with Crippen LogP contribution in [0.15, 0.2) is 12.2 Å². The molecule has 0 fully saturated rings. The second-order valence-electron chi connectivity index (χ2n) is 2.84. The van der Waals surface area contributed by atoms with E-state index in [2.05, 4.69) is 18.4 Å². The maximum absolute atomic E-state index is 2.34. The number of hydrogen-bond donors (Lipinski definition) is 0.